The van der Waals surface area contributed by atoms with Crippen LogP contribution in [-0.2, 0) is 6.42 Å². The molecule has 1 heterocycles. The Balaban J connectivity index is 2.16. The van der Waals surface area contributed by atoms with Crippen molar-refractivity contribution in [3.63, 3.8) is 0 Å². The van der Waals surface area contributed by atoms with Crippen LogP contribution >= 0.6 is 0 Å². The van der Waals surface area contributed by atoms with Crippen molar-refractivity contribution in [2.45, 2.75) is 13.3 Å². The molecule has 18 heavy (non-hydrogen) atoms. The molecule has 0 amide bonds. The van der Waals surface area contributed by atoms with Gasteiger partial charge in [0.1, 0.15) is 5.75 Å². The van der Waals surface area contributed by atoms with Crippen LogP contribution in [0.3, 0.4) is 0 Å². The van der Waals surface area contributed by atoms with Crippen molar-refractivity contribution in [2.75, 3.05) is 5.73 Å². The summed E-state index contributed by atoms with van der Waals surface area (Å²) in [6, 6.07) is 11.1. The predicted octanol–water partition coefficient (Wildman–Crippen LogP) is 2.23. The maximum Gasteiger partial charge on any atom is 0.224 e. The van der Waals surface area contributed by atoms with Crippen molar-refractivity contribution in [2.24, 2.45) is 0 Å². The van der Waals surface area contributed by atoms with E-state index in [0.717, 1.165) is 11.3 Å². The van der Waals surface area contributed by atoms with Gasteiger partial charge in [-0.25, -0.2) is 4.98 Å². The Morgan fingerprint density at radius 1 is 1.28 bits per heavy atom. The third kappa shape index (κ3) is 2.95. The van der Waals surface area contributed by atoms with Crippen LogP contribution in [0.15, 0.2) is 30.3 Å². The standard InChI is InChI=1S/C13H12N4O/c1-9-8-12(17-13(15)16-9)18-11-4-2-10(3-5-11)6-7-14/h2-5,8H,6H2,1H3,(H2,15,16,17). The highest BCUT2D eigenvalue weighted by atomic mass is 16.5. The zero-order chi connectivity index (χ0) is 13.0. The van der Waals surface area contributed by atoms with Crippen LogP contribution in [-0.4, -0.2) is 9.97 Å². The van der Waals surface area contributed by atoms with Gasteiger partial charge in [-0.2, -0.15) is 10.2 Å². The van der Waals surface area contributed by atoms with E-state index in [2.05, 4.69) is 16.0 Å². The van der Waals surface area contributed by atoms with E-state index in [0.29, 0.717) is 18.1 Å². The van der Waals surface area contributed by atoms with Crippen molar-refractivity contribution < 1.29 is 4.74 Å². The lowest BCUT2D eigenvalue weighted by Crippen LogP contribution is -1.98. The maximum absolute atomic E-state index is 8.57. The first-order chi connectivity index (χ1) is 8.67. The molecule has 0 spiro atoms. The number of anilines is 1. The first-order valence-corrected chi connectivity index (χ1v) is 5.42. The number of nitrogen functional groups attached to an aromatic ring is 1. The Kier molecular flexibility index (Phi) is 3.39. The molecular formula is C13H12N4O. The average Bonchev–Trinajstić information content (AvgIpc) is 2.31. The monoisotopic (exact) mass is 240 g/mol. The second-order valence-electron chi connectivity index (χ2n) is 3.79. The number of nitriles is 1. The highest BCUT2D eigenvalue weighted by Gasteiger charge is 2.02. The largest absolute Gasteiger partial charge is 0.439 e. The molecule has 0 saturated heterocycles. The third-order valence-electron chi connectivity index (χ3n) is 2.28. The molecule has 1 aromatic heterocycles. The molecule has 1 aromatic carbocycles. The number of hydrogen-bond donors (Lipinski definition) is 1. The second-order valence-corrected chi connectivity index (χ2v) is 3.79. The maximum atomic E-state index is 8.57. The second kappa shape index (κ2) is 5.15. The van der Waals surface area contributed by atoms with E-state index in [4.69, 9.17) is 15.7 Å². The van der Waals surface area contributed by atoms with E-state index in [9.17, 15) is 0 Å². The molecule has 5 heteroatoms. The predicted molar refractivity (Wildman–Crippen MR) is 67.0 cm³/mol. The summed E-state index contributed by atoms with van der Waals surface area (Å²) in [5.74, 6) is 1.24. The van der Waals surface area contributed by atoms with Crippen LogP contribution in [0, 0.1) is 18.3 Å². The van der Waals surface area contributed by atoms with Gasteiger partial charge >= 0.3 is 0 Å². The molecule has 2 aromatic rings. The SMILES string of the molecule is Cc1cc(Oc2ccc(CC#N)cc2)nc(N)n1. The lowest BCUT2D eigenvalue weighted by atomic mass is 10.2. The minimum absolute atomic E-state index is 0.186. The van der Waals surface area contributed by atoms with Crippen LogP contribution in [0.5, 0.6) is 11.6 Å². The van der Waals surface area contributed by atoms with Gasteiger partial charge in [-0.3, -0.25) is 0 Å². The molecule has 0 unspecified atom stereocenters. The molecule has 90 valence electrons. The first-order valence-electron chi connectivity index (χ1n) is 5.42. The van der Waals surface area contributed by atoms with Gasteiger partial charge in [0, 0.05) is 11.8 Å². The molecule has 2 rings (SSSR count). The molecule has 0 radical (unpaired) electrons. The first kappa shape index (κ1) is 11.9. The number of nitrogens with two attached hydrogens (primary N) is 1. The summed E-state index contributed by atoms with van der Waals surface area (Å²) in [6.07, 6.45) is 0.389. The van der Waals surface area contributed by atoms with E-state index in [1.807, 2.05) is 19.1 Å². The smallest absolute Gasteiger partial charge is 0.224 e. The Labute approximate surface area is 105 Å². The fraction of sp³-hybridized carbons (Fsp3) is 0.154. The highest BCUT2D eigenvalue weighted by molar-refractivity contribution is 5.33. The summed E-state index contributed by atoms with van der Waals surface area (Å²) in [4.78, 5) is 7.95. The van der Waals surface area contributed by atoms with Gasteiger partial charge in [0.05, 0.1) is 12.5 Å². The van der Waals surface area contributed by atoms with Gasteiger partial charge in [-0.15, -0.1) is 0 Å². The van der Waals surface area contributed by atoms with Gasteiger partial charge in [0.25, 0.3) is 0 Å². The fourth-order valence-electron chi connectivity index (χ4n) is 1.50. The topological polar surface area (TPSA) is 84.8 Å². The number of nitrogens with zero attached hydrogens (tertiary/aromatic N) is 3. The van der Waals surface area contributed by atoms with Gasteiger partial charge in [-0.05, 0) is 24.6 Å². The van der Waals surface area contributed by atoms with Crippen LogP contribution in [0.25, 0.3) is 0 Å². The number of aryl methyl sites for hydroxylation is 1. The summed E-state index contributed by atoms with van der Waals surface area (Å²) in [5.41, 5.74) is 7.23. The van der Waals surface area contributed by atoms with Crippen molar-refractivity contribution >= 4 is 5.95 Å². The molecule has 0 aliphatic heterocycles. The van der Waals surface area contributed by atoms with Crippen molar-refractivity contribution in [3.05, 3.63) is 41.6 Å². The zero-order valence-corrected chi connectivity index (χ0v) is 9.92. The minimum atomic E-state index is 0.186. The lowest BCUT2D eigenvalue weighted by molar-refractivity contribution is 0.462. The lowest BCUT2D eigenvalue weighted by Gasteiger charge is -2.06. The normalized spacial score (nSPS) is 9.78. The van der Waals surface area contributed by atoms with Gasteiger partial charge in [-0.1, -0.05) is 12.1 Å². The van der Waals surface area contributed by atoms with Crippen molar-refractivity contribution in [3.8, 4) is 17.7 Å². The zero-order valence-electron chi connectivity index (χ0n) is 9.92. The van der Waals surface area contributed by atoms with Crippen LogP contribution < -0.4 is 10.5 Å². The van der Waals surface area contributed by atoms with Gasteiger partial charge in [0.15, 0.2) is 0 Å². The Hall–Kier alpha value is -2.61. The molecule has 0 bridgehead atoms. The van der Waals surface area contributed by atoms with Gasteiger partial charge < -0.3 is 10.5 Å². The number of rotatable bonds is 3. The summed E-state index contributed by atoms with van der Waals surface area (Å²) in [5, 5.41) is 8.57. The number of benzene rings is 1. The fourth-order valence-corrected chi connectivity index (χ4v) is 1.50. The van der Waals surface area contributed by atoms with E-state index in [-0.39, 0.29) is 5.95 Å². The third-order valence-corrected chi connectivity index (χ3v) is 2.28. The Morgan fingerprint density at radius 2 is 2.00 bits per heavy atom. The molecule has 0 aliphatic carbocycles. The van der Waals surface area contributed by atoms with Crippen LogP contribution in [0.2, 0.25) is 0 Å². The van der Waals surface area contributed by atoms with Crippen molar-refractivity contribution in [1.29, 1.82) is 5.26 Å². The van der Waals surface area contributed by atoms with E-state index < -0.39 is 0 Å². The van der Waals surface area contributed by atoms with Gasteiger partial charge in [0.2, 0.25) is 11.8 Å². The number of ether oxygens (including phenoxy) is 1. The van der Waals surface area contributed by atoms with Crippen LogP contribution in [0.4, 0.5) is 5.95 Å². The Bertz CT molecular complexity index is 567. The molecule has 0 aliphatic rings. The highest BCUT2D eigenvalue weighted by Crippen LogP contribution is 2.20. The van der Waals surface area contributed by atoms with Crippen LogP contribution in [0.1, 0.15) is 11.3 Å². The molecular weight excluding hydrogens is 228 g/mol. The quantitative estimate of drug-likeness (QED) is 0.889. The molecule has 0 atom stereocenters. The molecule has 2 N–H and O–H groups in total. The minimum Gasteiger partial charge on any atom is -0.439 e. The van der Waals surface area contributed by atoms with E-state index in [1.165, 1.54) is 0 Å². The summed E-state index contributed by atoms with van der Waals surface area (Å²) in [6.45, 7) is 1.82. The molecule has 0 saturated carbocycles. The Morgan fingerprint density at radius 3 is 2.61 bits per heavy atom. The van der Waals surface area contributed by atoms with E-state index >= 15 is 0 Å². The number of aromatic nitrogens is 2. The summed E-state index contributed by atoms with van der Waals surface area (Å²) < 4.78 is 5.56. The van der Waals surface area contributed by atoms with Crippen molar-refractivity contribution in [1.82, 2.24) is 9.97 Å². The summed E-state index contributed by atoms with van der Waals surface area (Å²) in [7, 11) is 0. The number of hydrogen-bond acceptors (Lipinski definition) is 5. The van der Waals surface area contributed by atoms with E-state index in [1.54, 1.807) is 18.2 Å². The molecule has 0 fully saturated rings. The molecule has 5 nitrogen and oxygen atoms in total. The summed E-state index contributed by atoms with van der Waals surface area (Å²) >= 11 is 0. The average molecular weight is 240 g/mol.